The maximum atomic E-state index is 13.0. The van der Waals surface area contributed by atoms with E-state index in [0.29, 0.717) is 20.7 Å². The smallest absolute Gasteiger partial charge is 0.335 e. The van der Waals surface area contributed by atoms with Gasteiger partial charge in [0.05, 0.1) is 16.2 Å². The van der Waals surface area contributed by atoms with Gasteiger partial charge in [-0.05, 0) is 59.7 Å². The van der Waals surface area contributed by atoms with Crippen LogP contribution in [-0.2, 0) is 11.4 Å². The topological polar surface area (TPSA) is 66.8 Å². The van der Waals surface area contributed by atoms with Gasteiger partial charge in [0.25, 0.3) is 5.91 Å². The average molecular weight is 466 g/mol. The SMILES string of the molecule is O=C(O)c1cccc(N2C(=O)/C(=C/c3cccc(OCc4ccc(F)cc4)c3)SC2=S)c1. The summed E-state index contributed by atoms with van der Waals surface area (Å²) in [5.41, 5.74) is 2.07. The molecule has 0 unspecified atom stereocenters. The summed E-state index contributed by atoms with van der Waals surface area (Å²) in [7, 11) is 0. The van der Waals surface area contributed by atoms with E-state index >= 15 is 0 Å². The minimum absolute atomic E-state index is 0.0755. The number of anilines is 1. The summed E-state index contributed by atoms with van der Waals surface area (Å²) < 4.78 is 19.1. The van der Waals surface area contributed by atoms with Gasteiger partial charge in [0, 0.05) is 0 Å². The molecular formula is C24H16FNO4S2. The monoisotopic (exact) mass is 465 g/mol. The number of thioether (sulfide) groups is 1. The number of carboxylic acid groups (broad SMARTS) is 1. The van der Waals surface area contributed by atoms with Gasteiger partial charge in [-0.1, -0.05) is 54.3 Å². The van der Waals surface area contributed by atoms with Crippen molar-refractivity contribution in [2.75, 3.05) is 4.90 Å². The van der Waals surface area contributed by atoms with Crippen molar-refractivity contribution < 1.29 is 23.8 Å². The van der Waals surface area contributed by atoms with Gasteiger partial charge in [0.15, 0.2) is 4.32 Å². The Bertz CT molecular complexity index is 1240. The Morgan fingerprint density at radius 1 is 1.09 bits per heavy atom. The summed E-state index contributed by atoms with van der Waals surface area (Å²) in [6.45, 7) is 0.283. The summed E-state index contributed by atoms with van der Waals surface area (Å²) in [5, 5.41) is 9.20. The van der Waals surface area contributed by atoms with Crippen LogP contribution in [0.2, 0.25) is 0 Å². The number of benzene rings is 3. The van der Waals surface area contributed by atoms with Crippen molar-refractivity contribution >= 4 is 51.9 Å². The average Bonchev–Trinajstić information content (AvgIpc) is 3.06. The molecule has 0 aliphatic carbocycles. The largest absolute Gasteiger partial charge is 0.489 e. The Kier molecular flexibility index (Phi) is 6.34. The molecule has 0 bridgehead atoms. The molecule has 1 saturated heterocycles. The summed E-state index contributed by atoms with van der Waals surface area (Å²) in [5.74, 6) is -1.10. The molecule has 32 heavy (non-hydrogen) atoms. The lowest BCUT2D eigenvalue weighted by Crippen LogP contribution is -2.27. The molecule has 0 radical (unpaired) electrons. The van der Waals surface area contributed by atoms with Crippen LogP contribution in [0, 0.1) is 5.82 Å². The minimum Gasteiger partial charge on any atom is -0.489 e. The maximum Gasteiger partial charge on any atom is 0.335 e. The highest BCUT2D eigenvalue weighted by molar-refractivity contribution is 8.27. The first-order valence-electron chi connectivity index (χ1n) is 9.49. The third kappa shape index (κ3) is 4.87. The molecule has 8 heteroatoms. The lowest BCUT2D eigenvalue weighted by atomic mass is 10.1. The van der Waals surface area contributed by atoms with Crippen LogP contribution in [0.4, 0.5) is 10.1 Å². The highest BCUT2D eigenvalue weighted by atomic mass is 32.2. The molecule has 0 saturated carbocycles. The number of carbonyl (C=O) groups excluding carboxylic acids is 1. The van der Waals surface area contributed by atoms with Gasteiger partial charge >= 0.3 is 5.97 Å². The zero-order valence-corrected chi connectivity index (χ0v) is 18.2. The molecule has 0 atom stereocenters. The van der Waals surface area contributed by atoms with Crippen LogP contribution >= 0.6 is 24.0 Å². The highest BCUT2D eigenvalue weighted by Crippen LogP contribution is 2.36. The van der Waals surface area contributed by atoms with E-state index in [1.54, 1.807) is 42.5 Å². The first-order chi connectivity index (χ1) is 15.4. The van der Waals surface area contributed by atoms with Gasteiger partial charge in [-0.3, -0.25) is 9.69 Å². The zero-order valence-electron chi connectivity index (χ0n) is 16.5. The zero-order chi connectivity index (χ0) is 22.7. The highest BCUT2D eigenvalue weighted by Gasteiger charge is 2.33. The van der Waals surface area contributed by atoms with Crippen LogP contribution < -0.4 is 9.64 Å². The maximum absolute atomic E-state index is 13.0. The lowest BCUT2D eigenvalue weighted by molar-refractivity contribution is -0.113. The number of thiocarbonyl (C=S) groups is 1. The van der Waals surface area contributed by atoms with Crippen molar-refractivity contribution in [3.05, 3.63) is 100 Å². The van der Waals surface area contributed by atoms with Crippen molar-refractivity contribution in [2.45, 2.75) is 6.61 Å². The number of aromatic carboxylic acids is 1. The van der Waals surface area contributed by atoms with E-state index < -0.39 is 5.97 Å². The summed E-state index contributed by atoms with van der Waals surface area (Å²) in [6, 6.07) is 19.4. The van der Waals surface area contributed by atoms with Crippen molar-refractivity contribution in [2.24, 2.45) is 0 Å². The Hall–Kier alpha value is -3.49. The predicted octanol–water partition coefficient (Wildman–Crippen LogP) is 5.51. The fourth-order valence-corrected chi connectivity index (χ4v) is 4.36. The molecule has 1 aliphatic heterocycles. The summed E-state index contributed by atoms with van der Waals surface area (Å²) in [6.07, 6.45) is 1.71. The van der Waals surface area contributed by atoms with Gasteiger partial charge in [-0.15, -0.1) is 0 Å². The van der Waals surface area contributed by atoms with Crippen LogP contribution in [-0.4, -0.2) is 21.3 Å². The quantitative estimate of drug-likeness (QED) is 0.383. The Labute approximate surface area is 193 Å². The van der Waals surface area contributed by atoms with E-state index in [2.05, 4.69) is 0 Å². The number of hydrogen-bond donors (Lipinski definition) is 1. The van der Waals surface area contributed by atoms with Crippen molar-refractivity contribution in [1.29, 1.82) is 0 Å². The molecule has 0 spiro atoms. The molecular weight excluding hydrogens is 449 g/mol. The molecule has 1 heterocycles. The van der Waals surface area contributed by atoms with Crippen LogP contribution in [0.25, 0.3) is 6.08 Å². The number of rotatable bonds is 6. The van der Waals surface area contributed by atoms with E-state index in [4.69, 9.17) is 17.0 Å². The lowest BCUT2D eigenvalue weighted by Gasteiger charge is -2.14. The van der Waals surface area contributed by atoms with Gasteiger partial charge in [-0.2, -0.15) is 0 Å². The third-order valence-electron chi connectivity index (χ3n) is 4.62. The first kappa shape index (κ1) is 21.7. The molecule has 1 fully saturated rings. The number of hydrogen-bond acceptors (Lipinski definition) is 5. The van der Waals surface area contributed by atoms with E-state index in [1.807, 2.05) is 12.1 Å². The van der Waals surface area contributed by atoms with Gasteiger partial charge in [0.1, 0.15) is 18.2 Å². The van der Waals surface area contributed by atoms with E-state index in [-0.39, 0.29) is 23.9 Å². The van der Waals surface area contributed by atoms with E-state index in [0.717, 1.165) is 22.9 Å². The number of carbonyl (C=O) groups is 2. The number of ether oxygens (including phenoxy) is 1. The number of nitrogens with zero attached hydrogens (tertiary/aromatic N) is 1. The first-order valence-corrected chi connectivity index (χ1v) is 10.7. The molecule has 0 aromatic heterocycles. The fraction of sp³-hybridized carbons (Fsp3) is 0.0417. The van der Waals surface area contributed by atoms with Crippen LogP contribution in [0.1, 0.15) is 21.5 Å². The predicted molar refractivity (Wildman–Crippen MR) is 126 cm³/mol. The fourth-order valence-electron chi connectivity index (χ4n) is 3.06. The molecule has 4 rings (SSSR count). The van der Waals surface area contributed by atoms with Crippen LogP contribution in [0.3, 0.4) is 0 Å². The van der Waals surface area contributed by atoms with Crippen molar-refractivity contribution in [1.82, 2.24) is 0 Å². The Balaban J connectivity index is 1.51. The Morgan fingerprint density at radius 3 is 2.59 bits per heavy atom. The van der Waals surface area contributed by atoms with E-state index in [1.165, 1.54) is 29.2 Å². The van der Waals surface area contributed by atoms with Crippen molar-refractivity contribution in [3.63, 3.8) is 0 Å². The molecule has 3 aromatic carbocycles. The summed E-state index contributed by atoms with van der Waals surface area (Å²) in [4.78, 5) is 26.0. The molecule has 1 aliphatic rings. The molecule has 1 N–H and O–H groups in total. The number of carboxylic acids is 1. The molecule has 5 nitrogen and oxygen atoms in total. The van der Waals surface area contributed by atoms with Crippen LogP contribution in [0.5, 0.6) is 5.75 Å². The van der Waals surface area contributed by atoms with E-state index in [9.17, 15) is 19.1 Å². The number of amides is 1. The van der Waals surface area contributed by atoms with Gasteiger partial charge < -0.3 is 9.84 Å². The normalized spacial score (nSPS) is 14.8. The Morgan fingerprint density at radius 2 is 1.84 bits per heavy atom. The minimum atomic E-state index is -1.08. The third-order valence-corrected chi connectivity index (χ3v) is 5.92. The summed E-state index contributed by atoms with van der Waals surface area (Å²) >= 11 is 6.51. The second kappa shape index (κ2) is 9.33. The van der Waals surface area contributed by atoms with Gasteiger partial charge in [-0.25, -0.2) is 9.18 Å². The van der Waals surface area contributed by atoms with Gasteiger partial charge in [0.2, 0.25) is 0 Å². The number of halogens is 1. The van der Waals surface area contributed by atoms with Crippen LogP contribution in [0.15, 0.2) is 77.7 Å². The second-order valence-corrected chi connectivity index (χ2v) is 8.54. The standard InChI is InChI=1S/C24H16FNO4S2/c25-18-9-7-15(8-10-18)14-30-20-6-1-3-16(11-20)12-21-22(27)26(24(31)32-21)19-5-2-4-17(13-19)23(28)29/h1-13H,14H2,(H,28,29)/b21-12-. The van der Waals surface area contributed by atoms with Crippen molar-refractivity contribution in [3.8, 4) is 5.75 Å². The molecule has 3 aromatic rings. The molecule has 1 amide bonds. The molecule has 160 valence electrons. The second-order valence-electron chi connectivity index (χ2n) is 6.86.